The molecule has 3 rings (SSSR count). The van der Waals surface area contributed by atoms with Crippen molar-refractivity contribution < 1.29 is 21.3 Å². The molecule has 0 bridgehead atoms. The van der Waals surface area contributed by atoms with Gasteiger partial charge >= 0.3 is 17.0 Å². The van der Waals surface area contributed by atoms with Crippen molar-refractivity contribution in [2.24, 2.45) is 0 Å². The van der Waals surface area contributed by atoms with Gasteiger partial charge in [-0.3, -0.25) is 4.49 Å². The second-order valence-electron chi connectivity index (χ2n) is 6.48. The Morgan fingerprint density at radius 3 is 2.39 bits per heavy atom. The molecular formula is C15H21BFN2O3S+. The van der Waals surface area contributed by atoms with Gasteiger partial charge in [0.1, 0.15) is 12.0 Å². The summed E-state index contributed by atoms with van der Waals surface area (Å²) in [4.78, 5) is 0. The summed E-state index contributed by atoms with van der Waals surface area (Å²) in [5.74, 6) is 0. The second-order valence-corrected chi connectivity index (χ2v) is 8.15. The van der Waals surface area contributed by atoms with Gasteiger partial charge in [0, 0.05) is 29.8 Å². The maximum absolute atomic E-state index is 16.2. The molecule has 1 aromatic rings. The van der Waals surface area contributed by atoms with Gasteiger partial charge in [-0.05, 0) is 45.0 Å². The Morgan fingerprint density at radius 2 is 1.83 bits per heavy atom. The van der Waals surface area contributed by atoms with E-state index in [-0.39, 0.29) is 0 Å². The molecule has 0 saturated carbocycles. The largest absolute Gasteiger partial charge is 0.889 e. The van der Waals surface area contributed by atoms with Crippen LogP contribution in [-0.4, -0.2) is 40.3 Å². The zero-order chi connectivity index (χ0) is 17.3. The Bertz CT molecular complexity index is 940. The molecule has 8 heteroatoms. The van der Waals surface area contributed by atoms with Gasteiger partial charge in [0.2, 0.25) is 0 Å². The zero-order valence-electron chi connectivity index (χ0n) is 14.2. The molecule has 124 valence electrons. The Balaban J connectivity index is 2.45. The van der Waals surface area contributed by atoms with Crippen molar-refractivity contribution in [2.45, 2.75) is 34.6 Å². The molecule has 3 heterocycles. The number of hydrogen-bond acceptors (Lipinski definition) is 2. The van der Waals surface area contributed by atoms with Gasteiger partial charge in [-0.25, -0.2) is 0 Å². The molecule has 0 spiro atoms. The van der Waals surface area contributed by atoms with Crippen LogP contribution in [0, 0.1) is 13.8 Å². The van der Waals surface area contributed by atoms with Crippen LogP contribution < -0.4 is 0 Å². The SMILES string of the molecule is CC1=CC(C)=[N+]2C1=C(C)c1c(C)cc(C)n1[B-]2(F)[OH+]S(C)(=O)=O. The van der Waals surface area contributed by atoms with E-state index in [1.54, 1.807) is 13.8 Å². The molecule has 23 heavy (non-hydrogen) atoms. The quantitative estimate of drug-likeness (QED) is 0.470. The standard InChI is InChI=1S/C15H21BFN2O3S/c1-9-7-11(3)18-14(9)13(5)15-10(2)8-12(4)19(15)16(18,17)22-23(6,20)21/h7-8,22H,1-6H3/q+1. The van der Waals surface area contributed by atoms with Crippen molar-refractivity contribution in [3.8, 4) is 0 Å². The van der Waals surface area contributed by atoms with Crippen molar-refractivity contribution in [1.82, 2.24) is 4.48 Å². The average Bonchev–Trinajstić information content (AvgIpc) is 2.82. The summed E-state index contributed by atoms with van der Waals surface area (Å²) < 4.78 is 46.4. The van der Waals surface area contributed by atoms with Gasteiger partial charge in [-0.15, -0.1) is 0 Å². The molecule has 0 aromatic carbocycles. The highest BCUT2D eigenvalue weighted by atomic mass is 32.2. The maximum Gasteiger partial charge on any atom is 0.889 e. The lowest BCUT2D eigenvalue weighted by Crippen LogP contribution is -2.60. The van der Waals surface area contributed by atoms with E-state index in [1.807, 2.05) is 32.9 Å². The Hall–Kier alpha value is -1.67. The molecule has 0 saturated heterocycles. The molecule has 2 aliphatic heterocycles. The first-order chi connectivity index (χ1) is 10.5. The van der Waals surface area contributed by atoms with E-state index in [4.69, 9.17) is 0 Å². The van der Waals surface area contributed by atoms with E-state index in [0.29, 0.717) is 22.8 Å². The minimum Gasteiger partial charge on any atom is -0.450 e. The lowest BCUT2D eigenvalue weighted by Gasteiger charge is -2.32. The molecule has 0 amide bonds. The number of aryl methyl sites for hydroxylation is 2. The van der Waals surface area contributed by atoms with E-state index in [1.165, 1.54) is 8.96 Å². The molecule has 1 atom stereocenters. The number of rotatable bonds is 2. The first-order valence-electron chi connectivity index (χ1n) is 7.47. The molecule has 5 nitrogen and oxygen atoms in total. The van der Waals surface area contributed by atoms with E-state index in [9.17, 15) is 8.42 Å². The van der Waals surface area contributed by atoms with Crippen LogP contribution in [0.5, 0.6) is 0 Å². The molecule has 1 N–H and O–H groups in total. The first-order valence-corrected chi connectivity index (χ1v) is 9.31. The summed E-state index contributed by atoms with van der Waals surface area (Å²) in [7, 11) is -3.87. The van der Waals surface area contributed by atoms with E-state index < -0.39 is 17.0 Å². The van der Waals surface area contributed by atoms with Crippen LogP contribution in [0.4, 0.5) is 4.32 Å². The monoisotopic (exact) mass is 339 g/mol. The molecule has 1 aromatic heterocycles. The van der Waals surface area contributed by atoms with Crippen LogP contribution in [0.25, 0.3) is 5.57 Å². The van der Waals surface area contributed by atoms with E-state index in [0.717, 1.165) is 23.0 Å². The van der Waals surface area contributed by atoms with Crippen molar-refractivity contribution in [3.63, 3.8) is 0 Å². The summed E-state index contributed by atoms with van der Waals surface area (Å²) in [6.07, 6.45) is 2.79. The van der Waals surface area contributed by atoms with Crippen LogP contribution in [0.1, 0.15) is 37.7 Å². The number of hydrogen-bond donors (Lipinski definition) is 0. The molecule has 0 fully saturated rings. The first kappa shape index (κ1) is 16.2. The predicted molar refractivity (Wildman–Crippen MR) is 90.5 cm³/mol. The number of nitrogens with zero attached hydrogens (tertiary/aromatic N) is 2. The summed E-state index contributed by atoms with van der Waals surface area (Å²) >= 11 is 0. The van der Waals surface area contributed by atoms with Gasteiger partial charge in [0.25, 0.3) is 0 Å². The van der Waals surface area contributed by atoms with Crippen molar-refractivity contribution in [2.75, 3.05) is 6.26 Å². The van der Waals surface area contributed by atoms with Crippen LogP contribution >= 0.6 is 0 Å². The summed E-state index contributed by atoms with van der Waals surface area (Å²) in [6.45, 7) is 5.94. The number of allylic oxidation sites excluding steroid dienone is 3. The summed E-state index contributed by atoms with van der Waals surface area (Å²) in [5.41, 5.74) is 5.50. The van der Waals surface area contributed by atoms with Crippen molar-refractivity contribution in [1.29, 1.82) is 0 Å². The Labute approximate surface area is 135 Å². The molecule has 2 aliphatic rings. The van der Waals surface area contributed by atoms with Crippen molar-refractivity contribution >= 4 is 28.3 Å². The highest BCUT2D eigenvalue weighted by molar-refractivity contribution is 7.86. The second kappa shape index (κ2) is 4.67. The normalized spacial score (nSPS) is 24.0. The molecular weight excluding hydrogens is 318 g/mol. The van der Waals surface area contributed by atoms with Crippen LogP contribution in [0.2, 0.25) is 0 Å². The number of aromatic nitrogens is 1. The minimum absolute atomic E-state index is 0.656. The molecule has 1 unspecified atom stereocenters. The fraction of sp³-hybridized carbons (Fsp3) is 0.400. The average molecular weight is 339 g/mol. The smallest absolute Gasteiger partial charge is 0.450 e. The van der Waals surface area contributed by atoms with Gasteiger partial charge in [-0.2, -0.15) is 8.42 Å². The maximum atomic E-state index is 16.2. The third-order valence-electron chi connectivity index (χ3n) is 4.53. The highest BCUT2D eigenvalue weighted by Gasteiger charge is 2.65. The van der Waals surface area contributed by atoms with Gasteiger partial charge in [0.05, 0.1) is 0 Å². The fourth-order valence-electron chi connectivity index (χ4n) is 4.00. The highest BCUT2D eigenvalue weighted by Crippen LogP contribution is 2.40. The van der Waals surface area contributed by atoms with Crippen molar-refractivity contribution in [3.05, 3.63) is 40.4 Å². The predicted octanol–water partition coefficient (Wildman–Crippen LogP) is 2.02. The third kappa shape index (κ3) is 2.15. The Kier molecular flexibility index (Phi) is 3.29. The lowest BCUT2D eigenvalue weighted by molar-refractivity contribution is -0.376. The fourth-order valence-corrected chi connectivity index (χ4v) is 4.68. The number of fused-ring (bicyclic) bond motifs is 2. The van der Waals surface area contributed by atoms with Crippen LogP contribution in [-0.2, 0) is 10.1 Å². The summed E-state index contributed by atoms with van der Waals surface area (Å²) in [6, 6.07) is 1.86. The van der Waals surface area contributed by atoms with Gasteiger partial charge in [0.15, 0.2) is 5.70 Å². The molecule has 0 aliphatic carbocycles. The van der Waals surface area contributed by atoms with E-state index in [2.05, 4.69) is 4.10 Å². The van der Waals surface area contributed by atoms with Gasteiger partial charge < -0.3 is 12.9 Å². The lowest BCUT2D eigenvalue weighted by atomic mass is 9.84. The number of halogens is 1. The summed E-state index contributed by atoms with van der Waals surface area (Å²) in [5, 5.41) is 0. The van der Waals surface area contributed by atoms with Crippen LogP contribution in [0.3, 0.4) is 0 Å². The zero-order valence-corrected chi connectivity index (χ0v) is 15.0. The van der Waals surface area contributed by atoms with E-state index >= 15 is 4.32 Å². The third-order valence-corrected chi connectivity index (χ3v) is 5.18. The molecule has 0 radical (unpaired) electrons. The minimum atomic E-state index is -3.87. The Morgan fingerprint density at radius 1 is 1.22 bits per heavy atom. The van der Waals surface area contributed by atoms with Crippen LogP contribution in [0.15, 0.2) is 23.4 Å². The van der Waals surface area contributed by atoms with Gasteiger partial charge in [-0.1, -0.05) is 0 Å². The topological polar surface area (TPSA) is 54.9 Å².